The first-order valence-electron chi connectivity index (χ1n) is 9.75. The Labute approximate surface area is 165 Å². The van der Waals surface area contributed by atoms with Gasteiger partial charge < -0.3 is 15.0 Å². The minimum Gasteiger partial charge on any atom is -0.483 e. The van der Waals surface area contributed by atoms with Gasteiger partial charge in [-0.3, -0.25) is 4.79 Å². The highest BCUT2D eigenvalue weighted by molar-refractivity contribution is 7.16. The number of thiophene rings is 1. The van der Waals surface area contributed by atoms with Crippen LogP contribution in [0.3, 0.4) is 0 Å². The number of likely N-dealkylation sites (N-methyl/N-ethyl adjacent to an activating group) is 1. The molecular formula is C20H28N4O2S. The quantitative estimate of drug-likeness (QED) is 0.600. The van der Waals surface area contributed by atoms with E-state index in [0.29, 0.717) is 24.1 Å². The van der Waals surface area contributed by atoms with Crippen molar-refractivity contribution in [3.8, 4) is 6.07 Å². The van der Waals surface area contributed by atoms with Crippen LogP contribution in [0, 0.1) is 23.2 Å². The molecule has 1 aliphatic heterocycles. The van der Waals surface area contributed by atoms with E-state index in [1.165, 1.54) is 11.3 Å². The number of hydrogen-bond acceptors (Lipinski definition) is 6. The summed E-state index contributed by atoms with van der Waals surface area (Å²) in [5, 5.41) is 13.5. The summed E-state index contributed by atoms with van der Waals surface area (Å²) in [6.07, 6.45) is 5.07. The predicted octanol–water partition coefficient (Wildman–Crippen LogP) is 2.88. The second-order valence-corrected chi connectivity index (χ2v) is 8.47. The number of rotatable bonds is 6. The number of fused-ring (bicyclic) bond motifs is 2. The molecule has 1 saturated heterocycles. The van der Waals surface area contributed by atoms with Crippen molar-refractivity contribution < 1.29 is 9.53 Å². The van der Waals surface area contributed by atoms with Gasteiger partial charge in [-0.1, -0.05) is 6.92 Å². The van der Waals surface area contributed by atoms with Crippen LogP contribution in [-0.4, -0.2) is 50.0 Å². The van der Waals surface area contributed by atoms with Crippen LogP contribution in [0.25, 0.3) is 0 Å². The fourth-order valence-electron chi connectivity index (χ4n) is 4.26. The molecule has 0 aromatic carbocycles. The molecule has 6 nitrogen and oxygen atoms in total. The summed E-state index contributed by atoms with van der Waals surface area (Å²) < 4.78 is 5.21. The zero-order valence-electron chi connectivity index (χ0n) is 16.3. The van der Waals surface area contributed by atoms with Gasteiger partial charge in [0.05, 0.1) is 18.1 Å². The van der Waals surface area contributed by atoms with E-state index in [1.807, 2.05) is 6.92 Å². The van der Waals surface area contributed by atoms with Gasteiger partial charge in [0.15, 0.2) is 6.40 Å². The van der Waals surface area contributed by atoms with E-state index >= 15 is 0 Å². The molecule has 1 fully saturated rings. The maximum absolute atomic E-state index is 12.5. The van der Waals surface area contributed by atoms with Crippen molar-refractivity contribution in [1.82, 2.24) is 10.2 Å². The smallest absolute Gasteiger partial charge is 0.224 e. The molecule has 1 aromatic rings. The van der Waals surface area contributed by atoms with E-state index in [2.05, 4.69) is 35.2 Å². The molecule has 1 aliphatic carbocycles. The second-order valence-electron chi connectivity index (χ2n) is 7.38. The van der Waals surface area contributed by atoms with Crippen LogP contribution in [0.5, 0.6) is 0 Å². The van der Waals surface area contributed by atoms with Gasteiger partial charge in [-0.25, -0.2) is 4.99 Å². The molecule has 27 heavy (non-hydrogen) atoms. The lowest BCUT2D eigenvalue weighted by Crippen LogP contribution is -2.53. The van der Waals surface area contributed by atoms with Crippen molar-refractivity contribution in [3.63, 3.8) is 0 Å². The number of piperidine rings is 1. The topological polar surface area (TPSA) is 77.7 Å². The first-order valence-corrected chi connectivity index (χ1v) is 10.6. The first-order chi connectivity index (χ1) is 13.1. The van der Waals surface area contributed by atoms with Gasteiger partial charge in [-0.15, -0.1) is 11.3 Å². The van der Waals surface area contributed by atoms with Crippen LogP contribution in [0.4, 0.5) is 5.00 Å². The summed E-state index contributed by atoms with van der Waals surface area (Å²) in [6, 6.07) is 2.78. The number of likely N-dealkylation sites (tertiary alicyclic amines) is 1. The molecule has 3 rings (SSSR count). The van der Waals surface area contributed by atoms with Crippen molar-refractivity contribution in [2.75, 3.05) is 26.7 Å². The van der Waals surface area contributed by atoms with Crippen LogP contribution < -0.4 is 5.32 Å². The summed E-state index contributed by atoms with van der Waals surface area (Å²) in [6.45, 7) is 6.08. The van der Waals surface area contributed by atoms with E-state index in [4.69, 9.17) is 4.74 Å². The van der Waals surface area contributed by atoms with E-state index in [0.717, 1.165) is 49.3 Å². The zero-order chi connectivity index (χ0) is 19.4. The highest BCUT2D eigenvalue weighted by Gasteiger charge is 2.41. The largest absolute Gasteiger partial charge is 0.483 e. The third kappa shape index (κ3) is 4.17. The minimum atomic E-state index is 0.0315. The lowest BCUT2D eigenvalue weighted by atomic mass is 9.74. The lowest BCUT2D eigenvalue weighted by Gasteiger charge is -2.44. The normalized spacial score (nSPS) is 24.9. The molecule has 1 amide bonds. The molecule has 0 spiro atoms. The van der Waals surface area contributed by atoms with Crippen LogP contribution >= 0.6 is 11.3 Å². The van der Waals surface area contributed by atoms with Crippen molar-refractivity contribution in [2.24, 2.45) is 16.8 Å². The standard InChI is InChI=1S/C20H28N4O2S/c1-4-6-22-19(25)14-7-13-8-15-16(10-21)20(23-12-26-5-2)27-18(15)9-17(13)24(3)11-14/h12-14,17H,4-9,11H2,1-3H3,(H,22,25)/b23-12+. The Balaban J connectivity index is 1.80. The van der Waals surface area contributed by atoms with Gasteiger partial charge >= 0.3 is 0 Å². The summed E-state index contributed by atoms with van der Waals surface area (Å²) in [5.41, 5.74) is 1.82. The zero-order valence-corrected chi connectivity index (χ0v) is 17.1. The summed E-state index contributed by atoms with van der Waals surface area (Å²) >= 11 is 1.61. The Bertz CT molecular complexity index is 752. The van der Waals surface area contributed by atoms with Gasteiger partial charge in [0, 0.05) is 24.0 Å². The Kier molecular flexibility index (Phi) is 6.51. The van der Waals surface area contributed by atoms with Gasteiger partial charge in [-0.2, -0.15) is 5.26 Å². The van der Waals surface area contributed by atoms with Gasteiger partial charge in [-0.05, 0) is 51.1 Å². The highest BCUT2D eigenvalue weighted by atomic mass is 32.1. The van der Waals surface area contributed by atoms with Crippen LogP contribution in [0.1, 0.15) is 42.7 Å². The third-order valence-corrected chi connectivity index (χ3v) is 6.74. The Morgan fingerprint density at radius 1 is 1.48 bits per heavy atom. The minimum absolute atomic E-state index is 0.0315. The number of amides is 1. The lowest BCUT2D eigenvalue weighted by molar-refractivity contribution is -0.128. The molecule has 0 saturated carbocycles. The van der Waals surface area contributed by atoms with E-state index in [9.17, 15) is 10.1 Å². The van der Waals surface area contributed by atoms with Crippen LogP contribution in [0.15, 0.2) is 4.99 Å². The van der Waals surface area contributed by atoms with Crippen molar-refractivity contribution in [1.29, 1.82) is 5.26 Å². The van der Waals surface area contributed by atoms with Gasteiger partial charge in [0.25, 0.3) is 0 Å². The molecule has 2 aliphatic rings. The molecule has 0 radical (unpaired) electrons. The van der Waals surface area contributed by atoms with E-state index in [-0.39, 0.29) is 11.8 Å². The van der Waals surface area contributed by atoms with Gasteiger partial charge in [0.2, 0.25) is 5.91 Å². The molecular weight excluding hydrogens is 360 g/mol. The fraction of sp³-hybridized carbons (Fsp3) is 0.650. The number of ether oxygens (including phenoxy) is 1. The maximum atomic E-state index is 12.5. The number of carbonyl (C=O) groups excluding carboxylic acids is 1. The maximum Gasteiger partial charge on any atom is 0.224 e. The highest BCUT2D eigenvalue weighted by Crippen LogP contribution is 2.44. The average molecular weight is 389 g/mol. The number of hydrogen-bond donors (Lipinski definition) is 1. The third-order valence-electron chi connectivity index (χ3n) is 5.58. The Hall–Kier alpha value is -1.91. The average Bonchev–Trinajstić information content (AvgIpc) is 3.01. The molecule has 1 N–H and O–H groups in total. The van der Waals surface area contributed by atoms with E-state index < -0.39 is 0 Å². The first kappa shape index (κ1) is 19.8. The molecule has 3 unspecified atom stereocenters. The molecule has 3 atom stereocenters. The summed E-state index contributed by atoms with van der Waals surface area (Å²) in [7, 11) is 2.12. The molecule has 2 heterocycles. The van der Waals surface area contributed by atoms with E-state index in [1.54, 1.807) is 11.3 Å². The van der Waals surface area contributed by atoms with Crippen LogP contribution in [0.2, 0.25) is 0 Å². The summed E-state index contributed by atoms with van der Waals surface area (Å²) in [4.78, 5) is 20.4. The SMILES string of the molecule is CCCNC(=O)C1CC2Cc3c(sc(/N=C/OCC)c3C#N)CC2N(C)C1. The fourth-order valence-corrected chi connectivity index (χ4v) is 5.42. The predicted molar refractivity (Wildman–Crippen MR) is 108 cm³/mol. The number of nitrogens with zero attached hydrogens (tertiary/aromatic N) is 3. The molecule has 1 aromatic heterocycles. The van der Waals surface area contributed by atoms with Crippen molar-refractivity contribution >= 4 is 28.6 Å². The van der Waals surface area contributed by atoms with Gasteiger partial charge in [0.1, 0.15) is 11.1 Å². The second kappa shape index (κ2) is 8.85. The number of nitrogens with one attached hydrogen (secondary N) is 1. The monoisotopic (exact) mass is 388 g/mol. The Morgan fingerprint density at radius 3 is 3.00 bits per heavy atom. The number of carbonyl (C=O) groups is 1. The molecule has 146 valence electrons. The van der Waals surface area contributed by atoms with Crippen molar-refractivity contribution in [3.05, 3.63) is 16.0 Å². The number of nitriles is 1. The van der Waals surface area contributed by atoms with Crippen LogP contribution in [-0.2, 0) is 22.4 Å². The molecule has 0 bridgehead atoms. The molecule has 7 heteroatoms. The number of aliphatic imine (C=N–C) groups is 1. The Morgan fingerprint density at radius 2 is 2.30 bits per heavy atom. The van der Waals surface area contributed by atoms with Crippen molar-refractivity contribution in [2.45, 2.75) is 45.6 Å². The summed E-state index contributed by atoms with van der Waals surface area (Å²) in [5.74, 6) is 0.601.